The van der Waals surface area contributed by atoms with Gasteiger partial charge in [0, 0.05) is 18.1 Å². The number of hydrogen-bond acceptors (Lipinski definition) is 2. The van der Waals surface area contributed by atoms with Crippen LogP contribution < -0.4 is 9.64 Å². The summed E-state index contributed by atoms with van der Waals surface area (Å²) in [4.78, 5) is 2.18. The van der Waals surface area contributed by atoms with E-state index in [9.17, 15) is 0 Å². The fourth-order valence-electron chi connectivity index (χ4n) is 1.47. The quantitative estimate of drug-likeness (QED) is 0.634. The molecule has 1 aliphatic heterocycles. The number of anilines is 1. The number of halogens is 1. The molecule has 0 bridgehead atoms. The zero-order valence-corrected chi connectivity index (χ0v) is 8.56. The molecule has 3 heteroatoms. The molecule has 0 saturated carbocycles. The van der Waals surface area contributed by atoms with Gasteiger partial charge in [-0.25, -0.2) is 0 Å². The van der Waals surface area contributed by atoms with Crippen molar-refractivity contribution >= 4 is 17.3 Å². The highest BCUT2D eigenvalue weighted by Gasteiger charge is 2.15. The van der Waals surface area contributed by atoms with Gasteiger partial charge in [0.15, 0.2) is 0 Å². The molecule has 13 heavy (non-hydrogen) atoms. The molecule has 1 aromatic rings. The summed E-state index contributed by atoms with van der Waals surface area (Å²) >= 11 is 5.99. The minimum absolute atomic E-state index is 0.739. The number of likely N-dealkylation sites (N-methyl/N-ethyl adjacent to an activating group) is 1. The molecule has 2 rings (SSSR count). The summed E-state index contributed by atoms with van der Waals surface area (Å²) in [7, 11) is 2.06. The monoisotopic (exact) mass is 197 g/mol. The maximum absolute atomic E-state index is 5.99. The average Bonchev–Trinajstić information content (AvgIpc) is 2.09. The molecular formula is C10H12ClNO. The number of rotatable bonds is 0. The molecule has 0 spiro atoms. The van der Waals surface area contributed by atoms with Crippen LogP contribution in [0.1, 0.15) is 5.56 Å². The molecule has 1 heterocycles. The topological polar surface area (TPSA) is 12.5 Å². The number of nitrogens with zero attached hydrogens (tertiary/aromatic N) is 1. The third kappa shape index (κ3) is 1.46. The second-order valence-electron chi connectivity index (χ2n) is 3.34. The molecule has 70 valence electrons. The summed E-state index contributed by atoms with van der Waals surface area (Å²) in [5.41, 5.74) is 2.23. The van der Waals surface area contributed by atoms with Crippen molar-refractivity contribution in [1.82, 2.24) is 0 Å². The van der Waals surface area contributed by atoms with Crippen molar-refractivity contribution in [2.45, 2.75) is 6.92 Å². The molecule has 0 aromatic heterocycles. The van der Waals surface area contributed by atoms with Crippen molar-refractivity contribution in [3.8, 4) is 5.75 Å². The van der Waals surface area contributed by atoms with Crippen LogP contribution in [0, 0.1) is 6.92 Å². The van der Waals surface area contributed by atoms with Crippen LogP contribution in [-0.4, -0.2) is 20.2 Å². The number of ether oxygens (including phenoxy) is 1. The maximum Gasteiger partial charge on any atom is 0.144 e. The van der Waals surface area contributed by atoms with Crippen LogP contribution in [0.2, 0.25) is 5.02 Å². The van der Waals surface area contributed by atoms with Crippen LogP contribution in [0.5, 0.6) is 5.75 Å². The van der Waals surface area contributed by atoms with Gasteiger partial charge in [-0.3, -0.25) is 0 Å². The molecule has 0 unspecified atom stereocenters. The second-order valence-corrected chi connectivity index (χ2v) is 3.75. The molecule has 0 saturated heterocycles. The normalized spacial score (nSPS) is 15.2. The van der Waals surface area contributed by atoms with Gasteiger partial charge in [0.2, 0.25) is 0 Å². The molecule has 0 amide bonds. The summed E-state index contributed by atoms with van der Waals surface area (Å²) < 4.78 is 5.50. The molecule has 0 N–H and O–H groups in total. The lowest BCUT2D eigenvalue weighted by Gasteiger charge is -2.28. The predicted molar refractivity (Wildman–Crippen MR) is 55.0 cm³/mol. The van der Waals surface area contributed by atoms with Crippen LogP contribution in [0.4, 0.5) is 5.69 Å². The van der Waals surface area contributed by atoms with E-state index in [2.05, 4.69) is 18.0 Å². The first kappa shape index (κ1) is 8.70. The van der Waals surface area contributed by atoms with E-state index in [0.29, 0.717) is 0 Å². The van der Waals surface area contributed by atoms with E-state index in [1.165, 1.54) is 0 Å². The summed E-state index contributed by atoms with van der Waals surface area (Å²) in [5, 5.41) is 0.772. The Morgan fingerprint density at radius 3 is 3.00 bits per heavy atom. The number of fused-ring (bicyclic) bond motifs is 1. The largest absolute Gasteiger partial charge is 0.490 e. The van der Waals surface area contributed by atoms with Crippen molar-refractivity contribution in [3.05, 3.63) is 22.7 Å². The third-order valence-corrected chi connectivity index (χ3v) is 2.74. The van der Waals surface area contributed by atoms with Gasteiger partial charge >= 0.3 is 0 Å². The van der Waals surface area contributed by atoms with E-state index in [1.807, 2.05) is 13.0 Å². The van der Waals surface area contributed by atoms with E-state index >= 15 is 0 Å². The van der Waals surface area contributed by atoms with Gasteiger partial charge in [0.05, 0.1) is 12.2 Å². The van der Waals surface area contributed by atoms with E-state index in [1.54, 1.807) is 0 Å². The fraction of sp³-hybridized carbons (Fsp3) is 0.400. The van der Waals surface area contributed by atoms with Gasteiger partial charge in [-0.2, -0.15) is 0 Å². The minimum atomic E-state index is 0.739. The van der Waals surface area contributed by atoms with Gasteiger partial charge in [-0.1, -0.05) is 11.6 Å². The Morgan fingerprint density at radius 1 is 1.46 bits per heavy atom. The van der Waals surface area contributed by atoms with E-state index < -0.39 is 0 Å². The van der Waals surface area contributed by atoms with Gasteiger partial charge in [-0.05, 0) is 18.6 Å². The Bertz CT molecular complexity index is 338. The maximum atomic E-state index is 5.99. The first-order chi connectivity index (χ1) is 6.18. The van der Waals surface area contributed by atoms with Crippen LogP contribution in [0.3, 0.4) is 0 Å². The van der Waals surface area contributed by atoms with E-state index in [-0.39, 0.29) is 0 Å². The zero-order valence-electron chi connectivity index (χ0n) is 7.80. The van der Waals surface area contributed by atoms with Crippen molar-refractivity contribution < 1.29 is 4.74 Å². The summed E-state index contributed by atoms with van der Waals surface area (Å²) in [6.45, 7) is 3.68. The average molecular weight is 198 g/mol. The standard InChI is InChI=1S/C10H12ClNO/c1-7-5-9-10(6-8(7)11)13-4-3-12(9)2/h5-6H,3-4H2,1-2H3. The van der Waals surface area contributed by atoms with Gasteiger partial charge < -0.3 is 9.64 Å². The zero-order chi connectivity index (χ0) is 9.42. The lowest BCUT2D eigenvalue weighted by Crippen LogP contribution is -2.28. The summed E-state index contributed by atoms with van der Waals surface area (Å²) in [5.74, 6) is 0.893. The molecule has 0 fully saturated rings. The molecule has 1 aromatic carbocycles. The van der Waals surface area contributed by atoms with Gasteiger partial charge in [0.25, 0.3) is 0 Å². The van der Waals surface area contributed by atoms with E-state index in [4.69, 9.17) is 16.3 Å². The van der Waals surface area contributed by atoms with Crippen molar-refractivity contribution in [2.75, 3.05) is 25.1 Å². The smallest absolute Gasteiger partial charge is 0.144 e. The SMILES string of the molecule is Cc1cc2c(cc1Cl)OCCN2C. The summed E-state index contributed by atoms with van der Waals surface area (Å²) in [6, 6.07) is 3.96. The Morgan fingerprint density at radius 2 is 2.23 bits per heavy atom. The van der Waals surface area contributed by atoms with Crippen LogP contribution >= 0.6 is 11.6 Å². The molecule has 2 nitrogen and oxygen atoms in total. The van der Waals surface area contributed by atoms with Crippen LogP contribution in [0.15, 0.2) is 12.1 Å². The first-order valence-electron chi connectivity index (χ1n) is 4.32. The van der Waals surface area contributed by atoms with Crippen molar-refractivity contribution in [2.24, 2.45) is 0 Å². The molecule has 0 radical (unpaired) electrons. The molecular weight excluding hydrogens is 186 g/mol. The number of hydrogen-bond donors (Lipinski definition) is 0. The second kappa shape index (κ2) is 3.11. The highest BCUT2D eigenvalue weighted by molar-refractivity contribution is 6.31. The fourth-order valence-corrected chi connectivity index (χ4v) is 1.63. The Hall–Kier alpha value is -0.890. The molecule has 0 aliphatic carbocycles. The Balaban J connectivity index is 2.52. The first-order valence-corrected chi connectivity index (χ1v) is 4.70. The lowest BCUT2D eigenvalue weighted by atomic mass is 10.2. The predicted octanol–water partition coefficient (Wildman–Crippen LogP) is 2.48. The number of benzene rings is 1. The molecule has 1 aliphatic rings. The Labute approximate surface area is 83.1 Å². The third-order valence-electron chi connectivity index (χ3n) is 2.34. The highest BCUT2D eigenvalue weighted by Crippen LogP contribution is 2.35. The van der Waals surface area contributed by atoms with E-state index in [0.717, 1.165) is 35.2 Å². The highest BCUT2D eigenvalue weighted by atomic mass is 35.5. The van der Waals surface area contributed by atoms with Crippen LogP contribution in [-0.2, 0) is 0 Å². The lowest BCUT2D eigenvalue weighted by molar-refractivity contribution is 0.311. The van der Waals surface area contributed by atoms with Crippen molar-refractivity contribution in [3.63, 3.8) is 0 Å². The number of aryl methyl sites for hydroxylation is 1. The summed E-state index contributed by atoms with van der Waals surface area (Å²) in [6.07, 6.45) is 0. The van der Waals surface area contributed by atoms with Gasteiger partial charge in [0.1, 0.15) is 12.4 Å². The van der Waals surface area contributed by atoms with Crippen LogP contribution in [0.25, 0.3) is 0 Å². The Kier molecular flexibility index (Phi) is 2.08. The van der Waals surface area contributed by atoms with Gasteiger partial charge in [-0.15, -0.1) is 0 Å². The molecule has 0 atom stereocenters. The van der Waals surface area contributed by atoms with Crippen molar-refractivity contribution in [1.29, 1.82) is 0 Å². The minimum Gasteiger partial charge on any atom is -0.490 e.